The van der Waals surface area contributed by atoms with E-state index in [2.05, 4.69) is 39.9 Å². The van der Waals surface area contributed by atoms with E-state index in [1.165, 1.54) is 11.8 Å². The molecule has 2 aromatic heterocycles. The molecule has 6 nitrogen and oxygen atoms in total. The Labute approximate surface area is 170 Å². The van der Waals surface area contributed by atoms with Crippen molar-refractivity contribution in [3.8, 4) is 0 Å². The Bertz CT molecular complexity index is 983. The van der Waals surface area contributed by atoms with Gasteiger partial charge >= 0.3 is 0 Å². The number of aryl methyl sites for hydroxylation is 1. The van der Waals surface area contributed by atoms with Crippen molar-refractivity contribution < 1.29 is 4.52 Å². The third-order valence-corrected chi connectivity index (χ3v) is 5.56. The van der Waals surface area contributed by atoms with E-state index in [1.807, 2.05) is 25.1 Å². The maximum atomic E-state index is 12.9. The Kier molecular flexibility index (Phi) is 6.70. The number of halogens is 1. The van der Waals surface area contributed by atoms with Gasteiger partial charge < -0.3 is 4.52 Å². The highest BCUT2D eigenvalue weighted by Gasteiger charge is 2.14. The molecule has 0 bridgehead atoms. The van der Waals surface area contributed by atoms with Crippen molar-refractivity contribution in [3.05, 3.63) is 44.7 Å². The van der Waals surface area contributed by atoms with Crippen LogP contribution < -0.4 is 5.56 Å². The maximum Gasteiger partial charge on any atom is 0.262 e. The van der Waals surface area contributed by atoms with Crippen LogP contribution in [0.4, 0.5) is 0 Å². The van der Waals surface area contributed by atoms with Crippen LogP contribution in [0.2, 0.25) is 0 Å². The zero-order valence-electron chi connectivity index (χ0n) is 15.7. The molecule has 1 aromatic carbocycles. The Morgan fingerprint density at radius 2 is 2.11 bits per heavy atom. The third kappa shape index (κ3) is 4.99. The van der Waals surface area contributed by atoms with E-state index in [-0.39, 0.29) is 5.56 Å². The molecule has 0 amide bonds. The summed E-state index contributed by atoms with van der Waals surface area (Å²) >= 11 is 4.88. The Morgan fingerprint density at radius 1 is 1.30 bits per heavy atom. The van der Waals surface area contributed by atoms with Crippen molar-refractivity contribution in [1.82, 2.24) is 19.7 Å². The van der Waals surface area contributed by atoms with Gasteiger partial charge in [0.25, 0.3) is 5.56 Å². The molecule has 0 saturated heterocycles. The second-order valence-electron chi connectivity index (χ2n) is 6.84. The molecule has 0 fully saturated rings. The molecule has 0 saturated carbocycles. The zero-order chi connectivity index (χ0) is 19.4. The summed E-state index contributed by atoms with van der Waals surface area (Å²) < 4.78 is 7.95. The molecule has 0 spiro atoms. The van der Waals surface area contributed by atoms with Gasteiger partial charge in [-0.05, 0) is 37.0 Å². The molecule has 0 atom stereocenters. The number of aromatic nitrogens is 4. The lowest BCUT2D eigenvalue weighted by molar-refractivity contribution is 0.383. The molecule has 3 rings (SSSR count). The standard InChI is InChI=1S/C19H23BrN4O2S/c1-4-9-24-18(25)14-10-13(20)6-7-15(14)21-19(24)27-11-17-22-16(23-26-17)8-5-12(2)3/h6-7,10,12H,4-5,8-9,11H2,1-3H3. The van der Waals surface area contributed by atoms with Gasteiger partial charge in [-0.2, -0.15) is 4.98 Å². The van der Waals surface area contributed by atoms with Gasteiger partial charge in [0, 0.05) is 17.4 Å². The molecule has 8 heteroatoms. The summed E-state index contributed by atoms with van der Waals surface area (Å²) in [5.74, 6) is 2.40. The van der Waals surface area contributed by atoms with Crippen LogP contribution in [0.5, 0.6) is 0 Å². The summed E-state index contributed by atoms with van der Waals surface area (Å²) in [5, 5.41) is 5.34. The van der Waals surface area contributed by atoms with Crippen LogP contribution in [0.15, 0.2) is 37.1 Å². The average molecular weight is 451 g/mol. The molecule has 0 radical (unpaired) electrons. The van der Waals surface area contributed by atoms with Crippen LogP contribution in [0.1, 0.15) is 45.3 Å². The molecule has 2 heterocycles. The largest absolute Gasteiger partial charge is 0.338 e. The minimum Gasteiger partial charge on any atom is -0.338 e. The summed E-state index contributed by atoms with van der Waals surface area (Å²) in [6, 6.07) is 5.58. The van der Waals surface area contributed by atoms with Crippen LogP contribution in [0.3, 0.4) is 0 Å². The smallest absolute Gasteiger partial charge is 0.262 e. The summed E-state index contributed by atoms with van der Waals surface area (Å²) in [7, 11) is 0. The van der Waals surface area contributed by atoms with E-state index in [0.29, 0.717) is 40.2 Å². The number of thioether (sulfide) groups is 1. The van der Waals surface area contributed by atoms with Gasteiger partial charge in [0.1, 0.15) is 0 Å². The zero-order valence-corrected chi connectivity index (χ0v) is 18.1. The van der Waals surface area contributed by atoms with Crippen LogP contribution in [-0.2, 0) is 18.7 Å². The molecule has 0 aliphatic heterocycles. The van der Waals surface area contributed by atoms with Crippen LogP contribution >= 0.6 is 27.7 Å². The number of rotatable bonds is 8. The van der Waals surface area contributed by atoms with Crippen molar-refractivity contribution in [2.45, 2.75) is 57.5 Å². The van der Waals surface area contributed by atoms with Crippen LogP contribution in [0, 0.1) is 5.92 Å². The van der Waals surface area contributed by atoms with E-state index in [4.69, 9.17) is 9.51 Å². The molecule has 3 aromatic rings. The van der Waals surface area contributed by atoms with E-state index in [9.17, 15) is 4.79 Å². The van der Waals surface area contributed by atoms with E-state index >= 15 is 0 Å². The lowest BCUT2D eigenvalue weighted by Crippen LogP contribution is -2.23. The van der Waals surface area contributed by atoms with Crippen molar-refractivity contribution in [2.24, 2.45) is 5.92 Å². The first-order valence-corrected chi connectivity index (χ1v) is 10.9. The fourth-order valence-electron chi connectivity index (χ4n) is 2.70. The fourth-order valence-corrected chi connectivity index (χ4v) is 3.92. The number of nitrogens with zero attached hydrogens (tertiary/aromatic N) is 4. The Morgan fingerprint density at radius 3 is 2.85 bits per heavy atom. The molecular formula is C19H23BrN4O2S. The van der Waals surface area contributed by atoms with Crippen LogP contribution in [-0.4, -0.2) is 19.7 Å². The first kappa shape index (κ1) is 20.1. The maximum absolute atomic E-state index is 12.9. The van der Waals surface area contributed by atoms with E-state index in [0.717, 1.165) is 29.6 Å². The van der Waals surface area contributed by atoms with Crippen molar-refractivity contribution in [1.29, 1.82) is 0 Å². The van der Waals surface area contributed by atoms with Crippen molar-refractivity contribution in [2.75, 3.05) is 0 Å². The Balaban J connectivity index is 1.82. The van der Waals surface area contributed by atoms with Crippen LogP contribution in [0.25, 0.3) is 10.9 Å². The number of hydrogen-bond acceptors (Lipinski definition) is 6. The quantitative estimate of drug-likeness (QED) is 0.361. The summed E-state index contributed by atoms with van der Waals surface area (Å²) in [4.78, 5) is 22.0. The summed E-state index contributed by atoms with van der Waals surface area (Å²) in [6.45, 7) is 7.02. The van der Waals surface area contributed by atoms with E-state index < -0.39 is 0 Å². The number of fused-ring (bicyclic) bond motifs is 1. The first-order chi connectivity index (χ1) is 13.0. The molecular weight excluding hydrogens is 428 g/mol. The molecule has 0 aliphatic carbocycles. The molecule has 27 heavy (non-hydrogen) atoms. The lowest BCUT2D eigenvalue weighted by Gasteiger charge is -2.11. The third-order valence-electron chi connectivity index (χ3n) is 4.11. The first-order valence-electron chi connectivity index (χ1n) is 9.12. The van der Waals surface area contributed by atoms with Gasteiger partial charge in [0.2, 0.25) is 5.89 Å². The van der Waals surface area contributed by atoms with Gasteiger partial charge in [0.05, 0.1) is 16.7 Å². The normalized spacial score (nSPS) is 11.6. The predicted octanol–water partition coefficient (Wildman–Crippen LogP) is 4.83. The second-order valence-corrected chi connectivity index (χ2v) is 8.70. The highest BCUT2D eigenvalue weighted by Crippen LogP contribution is 2.23. The van der Waals surface area contributed by atoms with Gasteiger partial charge in [-0.1, -0.05) is 53.6 Å². The van der Waals surface area contributed by atoms with Gasteiger partial charge in [-0.25, -0.2) is 4.98 Å². The van der Waals surface area contributed by atoms with Crippen molar-refractivity contribution in [3.63, 3.8) is 0 Å². The topological polar surface area (TPSA) is 73.8 Å². The average Bonchev–Trinajstić information content (AvgIpc) is 3.09. The van der Waals surface area contributed by atoms with Gasteiger partial charge in [0.15, 0.2) is 11.0 Å². The molecule has 0 N–H and O–H groups in total. The highest BCUT2D eigenvalue weighted by atomic mass is 79.9. The second kappa shape index (κ2) is 9.01. The Hall–Kier alpha value is -1.67. The monoisotopic (exact) mass is 450 g/mol. The summed E-state index contributed by atoms with van der Waals surface area (Å²) in [5.41, 5.74) is 0.676. The number of hydrogen-bond donors (Lipinski definition) is 0. The summed E-state index contributed by atoms with van der Waals surface area (Å²) in [6.07, 6.45) is 2.70. The minimum atomic E-state index is -0.0196. The SMILES string of the molecule is CCCn1c(SCc2nc(CCC(C)C)no2)nc2ccc(Br)cc2c1=O. The molecule has 0 aliphatic rings. The lowest BCUT2D eigenvalue weighted by atomic mass is 10.1. The fraction of sp³-hybridized carbons (Fsp3) is 0.474. The highest BCUT2D eigenvalue weighted by molar-refractivity contribution is 9.10. The predicted molar refractivity (Wildman–Crippen MR) is 111 cm³/mol. The van der Waals surface area contributed by atoms with Gasteiger partial charge in [-0.15, -0.1) is 0 Å². The van der Waals surface area contributed by atoms with Crippen molar-refractivity contribution >= 4 is 38.6 Å². The molecule has 144 valence electrons. The number of benzene rings is 1. The van der Waals surface area contributed by atoms with E-state index in [1.54, 1.807) is 4.57 Å². The minimum absolute atomic E-state index is 0.0196. The molecule has 0 unspecified atom stereocenters. The van der Waals surface area contributed by atoms with Gasteiger partial charge in [-0.3, -0.25) is 9.36 Å².